The van der Waals surface area contributed by atoms with Gasteiger partial charge in [0.15, 0.2) is 0 Å². The zero-order chi connectivity index (χ0) is 24.4. The van der Waals surface area contributed by atoms with E-state index in [1.54, 1.807) is 4.80 Å². The third kappa shape index (κ3) is 5.96. The van der Waals surface area contributed by atoms with Crippen LogP contribution in [-0.2, 0) is 11.8 Å². The highest BCUT2D eigenvalue weighted by Crippen LogP contribution is 2.37. The third-order valence-corrected chi connectivity index (χ3v) is 7.14. The number of aromatic nitrogens is 3. The van der Waals surface area contributed by atoms with Crippen LogP contribution in [0.3, 0.4) is 0 Å². The van der Waals surface area contributed by atoms with Gasteiger partial charge in [-0.3, -0.25) is 0 Å². The lowest BCUT2D eigenvalue weighted by molar-refractivity contribution is 0.313. The standard InChI is InChI=1S/C29H43N3O/c1-9-12-20(3)22-14-15-24-25(19-22)31-32(30-24)26-18-21(13-11-16-29(7,8)10-2)17-23(27(26)33)28(4,5)6/h14-15,17-20,33H,9-13,16H2,1-8H3. The molecule has 3 rings (SSSR count). The fourth-order valence-corrected chi connectivity index (χ4v) is 4.44. The molecule has 0 bridgehead atoms. The quantitative estimate of drug-likeness (QED) is 0.359. The fourth-order valence-electron chi connectivity index (χ4n) is 4.44. The minimum Gasteiger partial charge on any atom is -0.505 e. The number of benzene rings is 2. The molecule has 3 aromatic rings. The fraction of sp³-hybridized carbons (Fsp3) is 0.586. The molecule has 0 aliphatic rings. The Hall–Kier alpha value is -2.36. The van der Waals surface area contributed by atoms with E-state index < -0.39 is 0 Å². The molecule has 180 valence electrons. The number of phenols is 1. The molecule has 0 amide bonds. The van der Waals surface area contributed by atoms with Gasteiger partial charge < -0.3 is 5.11 Å². The first-order valence-electron chi connectivity index (χ1n) is 12.7. The Kier molecular flexibility index (Phi) is 7.55. The molecule has 0 radical (unpaired) electrons. The molecule has 0 fully saturated rings. The van der Waals surface area contributed by atoms with Crippen LogP contribution in [0.4, 0.5) is 0 Å². The van der Waals surface area contributed by atoms with Gasteiger partial charge in [-0.25, -0.2) is 0 Å². The summed E-state index contributed by atoms with van der Waals surface area (Å²) in [5, 5.41) is 20.8. The van der Waals surface area contributed by atoms with E-state index in [0.717, 1.165) is 42.3 Å². The molecule has 0 aliphatic carbocycles. The molecule has 0 saturated heterocycles. The number of rotatable bonds is 9. The molecule has 1 unspecified atom stereocenters. The maximum absolute atomic E-state index is 11.2. The van der Waals surface area contributed by atoms with Crippen molar-refractivity contribution in [3.05, 3.63) is 47.0 Å². The first-order chi connectivity index (χ1) is 15.4. The van der Waals surface area contributed by atoms with E-state index in [1.165, 1.54) is 24.0 Å². The number of nitrogens with zero attached hydrogens (tertiary/aromatic N) is 3. The van der Waals surface area contributed by atoms with Gasteiger partial charge >= 0.3 is 0 Å². The van der Waals surface area contributed by atoms with Crippen molar-refractivity contribution in [2.24, 2.45) is 5.41 Å². The lowest BCUT2D eigenvalue weighted by atomic mass is 9.82. The smallest absolute Gasteiger partial charge is 0.146 e. The van der Waals surface area contributed by atoms with Crippen molar-refractivity contribution < 1.29 is 5.11 Å². The predicted molar refractivity (Wildman–Crippen MR) is 140 cm³/mol. The predicted octanol–water partition coefficient (Wildman–Crippen LogP) is 8.09. The van der Waals surface area contributed by atoms with Crippen molar-refractivity contribution in [3.8, 4) is 11.4 Å². The van der Waals surface area contributed by atoms with Gasteiger partial charge in [0.2, 0.25) is 0 Å². The second-order valence-corrected chi connectivity index (χ2v) is 11.6. The van der Waals surface area contributed by atoms with Gasteiger partial charge in [-0.1, -0.05) is 80.4 Å². The molecule has 4 nitrogen and oxygen atoms in total. The van der Waals surface area contributed by atoms with E-state index >= 15 is 0 Å². The van der Waals surface area contributed by atoms with E-state index in [9.17, 15) is 5.11 Å². The van der Waals surface area contributed by atoms with Crippen LogP contribution >= 0.6 is 0 Å². The van der Waals surface area contributed by atoms with Crippen LogP contribution in [0.2, 0.25) is 0 Å². The van der Waals surface area contributed by atoms with Gasteiger partial charge in [-0.15, -0.1) is 15.0 Å². The van der Waals surface area contributed by atoms with E-state index in [0.29, 0.717) is 17.0 Å². The molecule has 33 heavy (non-hydrogen) atoms. The van der Waals surface area contributed by atoms with Gasteiger partial charge in [-0.05, 0) is 71.8 Å². The van der Waals surface area contributed by atoms with E-state index in [4.69, 9.17) is 10.2 Å². The topological polar surface area (TPSA) is 50.9 Å². The van der Waals surface area contributed by atoms with Crippen molar-refractivity contribution in [1.29, 1.82) is 0 Å². The lowest BCUT2D eigenvalue weighted by Gasteiger charge is -2.24. The Morgan fingerprint density at radius 2 is 1.67 bits per heavy atom. The maximum Gasteiger partial charge on any atom is 0.146 e. The average Bonchev–Trinajstić information content (AvgIpc) is 3.17. The van der Waals surface area contributed by atoms with Crippen LogP contribution in [0.5, 0.6) is 5.75 Å². The summed E-state index contributed by atoms with van der Waals surface area (Å²) in [7, 11) is 0. The highest BCUT2D eigenvalue weighted by atomic mass is 16.3. The normalized spacial score (nSPS) is 13.6. The van der Waals surface area contributed by atoms with E-state index in [2.05, 4.69) is 85.7 Å². The summed E-state index contributed by atoms with van der Waals surface area (Å²) in [6, 6.07) is 10.6. The van der Waals surface area contributed by atoms with Crippen LogP contribution in [0.1, 0.15) is 110 Å². The van der Waals surface area contributed by atoms with Gasteiger partial charge in [0, 0.05) is 5.56 Å². The summed E-state index contributed by atoms with van der Waals surface area (Å²) in [5.41, 5.74) is 6.07. The summed E-state index contributed by atoms with van der Waals surface area (Å²) in [6.07, 6.45) is 6.81. The van der Waals surface area contributed by atoms with Crippen molar-refractivity contribution in [1.82, 2.24) is 15.0 Å². The summed E-state index contributed by atoms with van der Waals surface area (Å²) < 4.78 is 0. The minimum absolute atomic E-state index is 0.174. The monoisotopic (exact) mass is 449 g/mol. The number of aryl methyl sites for hydroxylation is 1. The molecule has 0 aliphatic heterocycles. The van der Waals surface area contributed by atoms with Crippen molar-refractivity contribution in [3.63, 3.8) is 0 Å². The molecule has 4 heteroatoms. The third-order valence-electron chi connectivity index (χ3n) is 7.14. The highest BCUT2D eigenvalue weighted by Gasteiger charge is 2.24. The number of aromatic hydroxyl groups is 1. The zero-order valence-corrected chi connectivity index (χ0v) is 22.0. The molecule has 1 aromatic heterocycles. The number of hydrogen-bond donors (Lipinski definition) is 1. The summed E-state index contributed by atoms with van der Waals surface area (Å²) in [6.45, 7) is 17.9. The van der Waals surface area contributed by atoms with Gasteiger partial charge in [-0.2, -0.15) is 0 Å². The summed E-state index contributed by atoms with van der Waals surface area (Å²) in [4.78, 5) is 1.63. The molecular formula is C29H43N3O. The molecule has 1 heterocycles. The second kappa shape index (κ2) is 9.87. The second-order valence-electron chi connectivity index (χ2n) is 11.6. The number of hydrogen-bond acceptors (Lipinski definition) is 3. The Labute approximate surface area is 200 Å². The molecule has 0 spiro atoms. The maximum atomic E-state index is 11.2. The van der Waals surface area contributed by atoms with E-state index in [-0.39, 0.29) is 11.2 Å². The molecule has 1 atom stereocenters. The molecule has 1 N–H and O–H groups in total. The van der Waals surface area contributed by atoms with Crippen molar-refractivity contribution >= 4 is 11.0 Å². The van der Waals surface area contributed by atoms with Crippen molar-refractivity contribution in [2.45, 2.75) is 105 Å². The van der Waals surface area contributed by atoms with Crippen LogP contribution in [0.25, 0.3) is 16.7 Å². The largest absolute Gasteiger partial charge is 0.505 e. The Morgan fingerprint density at radius 1 is 0.970 bits per heavy atom. The SMILES string of the molecule is CCCC(C)c1ccc2nn(-c3cc(CCCC(C)(C)CC)cc(C(C)(C)C)c3O)nc2c1. The van der Waals surface area contributed by atoms with Crippen molar-refractivity contribution in [2.75, 3.05) is 0 Å². The van der Waals surface area contributed by atoms with Crippen LogP contribution in [-0.4, -0.2) is 20.1 Å². The highest BCUT2D eigenvalue weighted by molar-refractivity contribution is 5.75. The lowest BCUT2D eigenvalue weighted by Crippen LogP contribution is -2.14. The van der Waals surface area contributed by atoms with Gasteiger partial charge in [0.25, 0.3) is 0 Å². The Bertz CT molecular complexity index is 1090. The molecular weight excluding hydrogens is 406 g/mol. The van der Waals surface area contributed by atoms with Gasteiger partial charge in [0.05, 0.1) is 0 Å². The first kappa shape index (κ1) is 25.3. The van der Waals surface area contributed by atoms with Crippen LogP contribution in [0.15, 0.2) is 30.3 Å². The number of phenolic OH excluding ortho intramolecular Hbond substituents is 1. The average molecular weight is 450 g/mol. The zero-order valence-electron chi connectivity index (χ0n) is 22.0. The molecule has 0 saturated carbocycles. The number of fused-ring (bicyclic) bond motifs is 1. The minimum atomic E-state index is -0.174. The van der Waals surface area contributed by atoms with E-state index in [1.807, 2.05) is 0 Å². The Balaban J connectivity index is 2.00. The Morgan fingerprint density at radius 3 is 2.30 bits per heavy atom. The summed E-state index contributed by atoms with van der Waals surface area (Å²) in [5.74, 6) is 0.779. The molecule has 2 aromatic carbocycles. The van der Waals surface area contributed by atoms with Gasteiger partial charge in [0.1, 0.15) is 22.5 Å². The summed E-state index contributed by atoms with van der Waals surface area (Å²) >= 11 is 0. The van der Waals surface area contributed by atoms with Crippen LogP contribution < -0.4 is 0 Å². The van der Waals surface area contributed by atoms with Crippen LogP contribution in [0, 0.1) is 5.41 Å². The first-order valence-corrected chi connectivity index (χ1v) is 12.7.